The number of nitro benzene ring substituents is 1. The van der Waals surface area contributed by atoms with Gasteiger partial charge in [-0.05, 0) is 55.3 Å². The fourth-order valence-corrected chi connectivity index (χ4v) is 5.56. The molecular weight excluding hydrogens is 496 g/mol. The summed E-state index contributed by atoms with van der Waals surface area (Å²) in [5.74, 6) is -0.129. The third-order valence-electron chi connectivity index (χ3n) is 6.25. The topological polar surface area (TPSA) is 89.2 Å². The van der Waals surface area contributed by atoms with Crippen LogP contribution in [0.1, 0.15) is 22.4 Å². The van der Waals surface area contributed by atoms with Gasteiger partial charge in [-0.15, -0.1) is 0 Å². The molecule has 3 aromatic carbocycles. The number of anilines is 1. The maximum Gasteiger partial charge on any atom is 0.269 e. The first kappa shape index (κ1) is 24.0. The van der Waals surface area contributed by atoms with Crippen molar-refractivity contribution in [3.05, 3.63) is 109 Å². The molecule has 9 heteroatoms. The number of para-hydroxylation sites is 1. The molecule has 4 aromatic rings. The van der Waals surface area contributed by atoms with E-state index in [1.165, 1.54) is 23.9 Å². The Morgan fingerprint density at radius 1 is 1.14 bits per heavy atom. The normalized spacial score (nSPS) is 16.5. The number of amides is 1. The Labute approximate surface area is 217 Å². The second-order valence-electron chi connectivity index (χ2n) is 8.61. The van der Waals surface area contributed by atoms with Crippen molar-refractivity contribution < 1.29 is 9.72 Å². The summed E-state index contributed by atoms with van der Waals surface area (Å²) in [5.41, 5.74) is 5.68. The average Bonchev–Trinajstić information content (AvgIpc) is 3.33. The number of non-ortho nitro benzene ring substituents is 1. The Morgan fingerprint density at radius 3 is 2.61 bits per heavy atom. The predicted molar refractivity (Wildman–Crippen MR) is 146 cm³/mol. The van der Waals surface area contributed by atoms with Gasteiger partial charge in [0.1, 0.15) is 0 Å². The Bertz CT molecular complexity index is 1530. The van der Waals surface area contributed by atoms with Crippen molar-refractivity contribution in [1.82, 2.24) is 9.88 Å². The van der Waals surface area contributed by atoms with Crippen LogP contribution in [0.2, 0.25) is 5.02 Å². The van der Waals surface area contributed by atoms with Crippen LogP contribution in [0.15, 0.2) is 71.6 Å². The molecule has 0 bridgehead atoms. The highest BCUT2D eigenvalue weighted by Crippen LogP contribution is 2.35. The largest absolute Gasteiger partial charge is 0.356 e. The van der Waals surface area contributed by atoms with E-state index in [9.17, 15) is 14.9 Å². The zero-order valence-corrected chi connectivity index (χ0v) is 21.2. The molecule has 5 rings (SSSR count). The highest BCUT2D eigenvalue weighted by atomic mass is 35.5. The van der Waals surface area contributed by atoms with Crippen LogP contribution in [0.3, 0.4) is 0 Å². The first-order valence-corrected chi connectivity index (χ1v) is 12.6. The Kier molecular flexibility index (Phi) is 6.47. The molecule has 0 aliphatic carbocycles. The summed E-state index contributed by atoms with van der Waals surface area (Å²) >= 11 is 7.50. The number of carbonyl (C=O) groups is 1. The van der Waals surface area contributed by atoms with Crippen molar-refractivity contribution >= 4 is 57.6 Å². The quantitative estimate of drug-likeness (QED) is 0.173. The number of hydrogen-bond donors (Lipinski definition) is 2. The molecule has 2 N–H and O–H groups in total. The van der Waals surface area contributed by atoms with Crippen LogP contribution < -0.4 is 10.6 Å². The van der Waals surface area contributed by atoms with Crippen molar-refractivity contribution in [3.8, 4) is 0 Å². The minimum Gasteiger partial charge on any atom is -0.356 e. The maximum atomic E-state index is 12.8. The van der Waals surface area contributed by atoms with Gasteiger partial charge in [0.2, 0.25) is 0 Å². The van der Waals surface area contributed by atoms with E-state index in [4.69, 9.17) is 11.6 Å². The molecule has 1 saturated heterocycles. The van der Waals surface area contributed by atoms with E-state index in [0.717, 1.165) is 39.0 Å². The summed E-state index contributed by atoms with van der Waals surface area (Å²) in [7, 11) is 0. The third-order valence-corrected chi connectivity index (χ3v) is 7.51. The van der Waals surface area contributed by atoms with Gasteiger partial charge >= 0.3 is 0 Å². The van der Waals surface area contributed by atoms with Crippen molar-refractivity contribution in [2.75, 3.05) is 5.32 Å². The number of aryl methyl sites for hydroxylation is 1. The molecule has 2 heterocycles. The van der Waals surface area contributed by atoms with Gasteiger partial charge in [0.25, 0.3) is 11.6 Å². The van der Waals surface area contributed by atoms with E-state index in [1.807, 2.05) is 62.4 Å². The number of fused-ring (bicyclic) bond motifs is 1. The zero-order valence-electron chi connectivity index (χ0n) is 19.6. The Morgan fingerprint density at radius 2 is 1.89 bits per heavy atom. The summed E-state index contributed by atoms with van der Waals surface area (Å²) in [6.45, 7) is 4.56. The van der Waals surface area contributed by atoms with Gasteiger partial charge in [-0.2, -0.15) is 0 Å². The van der Waals surface area contributed by atoms with E-state index in [2.05, 4.69) is 15.2 Å². The highest BCUT2D eigenvalue weighted by molar-refractivity contribution is 8.05. The lowest BCUT2D eigenvalue weighted by molar-refractivity contribution is -0.384. The first-order chi connectivity index (χ1) is 17.3. The number of benzene rings is 3. The van der Waals surface area contributed by atoms with Gasteiger partial charge in [0, 0.05) is 51.5 Å². The lowest BCUT2D eigenvalue weighted by atomic mass is 10.1. The van der Waals surface area contributed by atoms with Crippen molar-refractivity contribution in [2.24, 2.45) is 0 Å². The van der Waals surface area contributed by atoms with Crippen LogP contribution in [0.25, 0.3) is 17.0 Å². The van der Waals surface area contributed by atoms with E-state index in [1.54, 1.807) is 12.1 Å². The molecule has 0 spiro atoms. The lowest BCUT2D eigenvalue weighted by Gasteiger charge is -2.15. The number of hydrogen-bond acceptors (Lipinski definition) is 5. The SMILES string of the molecule is Cc1cc(Cl)ccc1NC1NC(=O)/C(=C/c2c(C)n(Cc3ccc([N+](=O)[O-])cc3)c3ccccc23)S1. The number of carbonyl (C=O) groups excluding carboxylic acids is 1. The molecule has 7 nitrogen and oxygen atoms in total. The van der Waals surface area contributed by atoms with Crippen LogP contribution >= 0.6 is 23.4 Å². The first-order valence-electron chi connectivity index (χ1n) is 11.3. The van der Waals surface area contributed by atoms with Gasteiger partial charge in [-0.1, -0.05) is 53.7 Å². The number of aromatic nitrogens is 1. The zero-order chi connectivity index (χ0) is 25.4. The maximum absolute atomic E-state index is 12.8. The summed E-state index contributed by atoms with van der Waals surface area (Å²) in [4.78, 5) is 24.1. The molecule has 0 saturated carbocycles. The summed E-state index contributed by atoms with van der Waals surface area (Å²) < 4.78 is 2.17. The predicted octanol–water partition coefficient (Wildman–Crippen LogP) is 6.47. The van der Waals surface area contributed by atoms with Gasteiger partial charge in [0.05, 0.1) is 9.83 Å². The third kappa shape index (κ3) is 4.69. The highest BCUT2D eigenvalue weighted by Gasteiger charge is 2.28. The molecule has 1 aliphatic heterocycles. The number of nitrogens with one attached hydrogen (secondary N) is 2. The minimum atomic E-state index is -0.398. The molecule has 1 amide bonds. The average molecular weight is 519 g/mol. The van der Waals surface area contributed by atoms with E-state index in [0.29, 0.717) is 16.5 Å². The van der Waals surface area contributed by atoms with Gasteiger partial charge < -0.3 is 15.2 Å². The molecule has 1 aliphatic rings. The second kappa shape index (κ2) is 9.72. The van der Waals surface area contributed by atoms with Gasteiger partial charge in [-0.25, -0.2) is 0 Å². The number of rotatable bonds is 6. The smallest absolute Gasteiger partial charge is 0.269 e. The van der Waals surface area contributed by atoms with Crippen LogP contribution in [0.5, 0.6) is 0 Å². The summed E-state index contributed by atoms with van der Waals surface area (Å²) in [6.07, 6.45) is 1.94. The second-order valence-corrected chi connectivity index (χ2v) is 10.2. The van der Waals surface area contributed by atoms with Crippen molar-refractivity contribution in [2.45, 2.75) is 25.9 Å². The van der Waals surface area contributed by atoms with E-state index >= 15 is 0 Å². The van der Waals surface area contributed by atoms with Crippen LogP contribution in [0, 0.1) is 24.0 Å². The van der Waals surface area contributed by atoms with Crippen molar-refractivity contribution in [1.29, 1.82) is 0 Å². The Balaban J connectivity index is 1.44. The fourth-order valence-electron chi connectivity index (χ4n) is 4.38. The lowest BCUT2D eigenvalue weighted by Crippen LogP contribution is -2.31. The number of nitrogens with zero attached hydrogens (tertiary/aromatic N) is 2. The molecule has 1 unspecified atom stereocenters. The minimum absolute atomic E-state index is 0.0690. The summed E-state index contributed by atoms with van der Waals surface area (Å²) in [5, 5.41) is 19.1. The van der Waals surface area contributed by atoms with E-state index < -0.39 is 4.92 Å². The molecule has 1 aromatic heterocycles. The molecule has 1 fully saturated rings. The number of thioether (sulfide) groups is 1. The van der Waals surface area contributed by atoms with Gasteiger partial charge in [-0.3, -0.25) is 14.9 Å². The molecular formula is C27H23ClN4O3S. The van der Waals surface area contributed by atoms with Crippen LogP contribution in [-0.2, 0) is 11.3 Å². The Hall–Kier alpha value is -3.75. The standard InChI is InChI=1S/C27H23ClN4O3S/c1-16-13-19(28)9-12-23(16)29-27-30-26(33)25(36-27)14-22-17(2)31(24-6-4-3-5-21(22)24)15-18-7-10-20(11-8-18)32(34)35/h3-14,27,29H,15H2,1-2H3,(H,30,33)/b25-14-. The summed E-state index contributed by atoms with van der Waals surface area (Å²) in [6, 6.07) is 20.3. The van der Waals surface area contributed by atoms with Crippen molar-refractivity contribution in [3.63, 3.8) is 0 Å². The number of halogens is 1. The monoisotopic (exact) mass is 518 g/mol. The molecule has 0 radical (unpaired) electrons. The molecule has 182 valence electrons. The molecule has 36 heavy (non-hydrogen) atoms. The van der Waals surface area contributed by atoms with Crippen LogP contribution in [-0.4, -0.2) is 20.9 Å². The van der Waals surface area contributed by atoms with Gasteiger partial charge in [0.15, 0.2) is 5.50 Å². The van der Waals surface area contributed by atoms with Crippen LogP contribution in [0.4, 0.5) is 11.4 Å². The van der Waals surface area contributed by atoms with E-state index in [-0.39, 0.29) is 17.1 Å². The molecule has 1 atom stereocenters. The number of nitro groups is 1. The fraction of sp³-hybridized carbons (Fsp3) is 0.148.